The zero-order valence-corrected chi connectivity index (χ0v) is 8.60. The first-order valence-electron chi connectivity index (χ1n) is 4.42. The third-order valence-corrected chi connectivity index (χ3v) is 3.29. The molecule has 0 bridgehead atoms. The van der Waals surface area contributed by atoms with Gasteiger partial charge in [-0.15, -0.1) is 0 Å². The Hall–Kier alpha value is -1.00. The van der Waals surface area contributed by atoms with Crippen molar-refractivity contribution in [2.45, 2.75) is 24.5 Å². The number of benzene rings is 1. The minimum absolute atomic E-state index is 0.0297. The molecule has 0 fully saturated rings. The molecule has 1 aliphatic heterocycles. The number of carbonyl (C=O) groups excluding carboxylic acids is 1. The SMILES string of the molecule is CC1Nc2cc(CO)ccc2SC1=O. The molecule has 14 heavy (non-hydrogen) atoms. The van der Waals surface area contributed by atoms with Crippen LogP contribution in [0.1, 0.15) is 12.5 Å². The number of hydrogen-bond donors (Lipinski definition) is 2. The lowest BCUT2D eigenvalue weighted by molar-refractivity contribution is -0.111. The van der Waals surface area contributed by atoms with Crippen LogP contribution in [0.15, 0.2) is 23.1 Å². The Kier molecular flexibility index (Phi) is 2.48. The topological polar surface area (TPSA) is 49.3 Å². The predicted octanol–water partition coefficient (Wildman–Crippen LogP) is 1.61. The van der Waals surface area contributed by atoms with Crippen LogP contribution in [0, 0.1) is 0 Å². The van der Waals surface area contributed by atoms with Crippen molar-refractivity contribution in [3.63, 3.8) is 0 Å². The first-order chi connectivity index (χ1) is 6.70. The molecule has 0 radical (unpaired) electrons. The van der Waals surface area contributed by atoms with Gasteiger partial charge in [0.25, 0.3) is 0 Å². The zero-order chi connectivity index (χ0) is 10.1. The van der Waals surface area contributed by atoms with E-state index in [1.807, 2.05) is 25.1 Å². The lowest BCUT2D eigenvalue weighted by atomic mass is 10.2. The fraction of sp³-hybridized carbons (Fsp3) is 0.300. The minimum Gasteiger partial charge on any atom is -0.392 e. The molecule has 0 aromatic heterocycles. The smallest absolute Gasteiger partial charge is 0.215 e. The van der Waals surface area contributed by atoms with Crippen molar-refractivity contribution in [2.24, 2.45) is 0 Å². The molecule has 2 rings (SSSR count). The van der Waals surface area contributed by atoms with Gasteiger partial charge in [0.05, 0.1) is 12.6 Å². The van der Waals surface area contributed by atoms with Crippen molar-refractivity contribution in [3.8, 4) is 0 Å². The highest BCUT2D eigenvalue weighted by atomic mass is 32.2. The highest BCUT2D eigenvalue weighted by Crippen LogP contribution is 2.34. The van der Waals surface area contributed by atoms with Crippen LogP contribution in [0.25, 0.3) is 0 Å². The van der Waals surface area contributed by atoms with Gasteiger partial charge in [-0.1, -0.05) is 6.07 Å². The molecule has 1 unspecified atom stereocenters. The Balaban J connectivity index is 2.37. The van der Waals surface area contributed by atoms with Gasteiger partial charge in [-0.2, -0.15) is 0 Å². The summed E-state index contributed by atoms with van der Waals surface area (Å²) in [6.07, 6.45) is 0. The zero-order valence-electron chi connectivity index (χ0n) is 7.78. The standard InChI is InChI=1S/C10H11NO2S/c1-6-10(13)14-9-3-2-7(5-12)4-8(9)11-6/h2-4,6,11-12H,5H2,1H3. The van der Waals surface area contributed by atoms with Gasteiger partial charge in [0, 0.05) is 10.6 Å². The summed E-state index contributed by atoms with van der Waals surface area (Å²) in [7, 11) is 0. The summed E-state index contributed by atoms with van der Waals surface area (Å²) in [6.45, 7) is 1.87. The van der Waals surface area contributed by atoms with Gasteiger partial charge in [0.1, 0.15) is 0 Å². The first-order valence-corrected chi connectivity index (χ1v) is 5.24. The molecule has 3 nitrogen and oxygen atoms in total. The van der Waals surface area contributed by atoms with E-state index in [2.05, 4.69) is 5.32 Å². The fourth-order valence-corrected chi connectivity index (χ4v) is 2.18. The second-order valence-electron chi connectivity index (χ2n) is 3.28. The number of carbonyl (C=O) groups is 1. The first kappa shape index (κ1) is 9.55. The van der Waals surface area contributed by atoms with E-state index in [4.69, 9.17) is 5.11 Å². The van der Waals surface area contributed by atoms with Crippen molar-refractivity contribution in [1.82, 2.24) is 0 Å². The Bertz CT molecular complexity index is 378. The molecule has 0 saturated carbocycles. The van der Waals surface area contributed by atoms with Crippen LogP contribution < -0.4 is 5.32 Å². The average molecular weight is 209 g/mol. The van der Waals surface area contributed by atoms with Gasteiger partial charge < -0.3 is 10.4 Å². The summed E-state index contributed by atoms with van der Waals surface area (Å²) >= 11 is 1.26. The van der Waals surface area contributed by atoms with Gasteiger partial charge in [0.2, 0.25) is 5.12 Å². The van der Waals surface area contributed by atoms with E-state index in [1.165, 1.54) is 11.8 Å². The summed E-state index contributed by atoms with van der Waals surface area (Å²) in [4.78, 5) is 12.3. The van der Waals surface area contributed by atoms with E-state index in [9.17, 15) is 4.79 Å². The van der Waals surface area contributed by atoms with E-state index < -0.39 is 0 Å². The van der Waals surface area contributed by atoms with E-state index in [0.29, 0.717) is 0 Å². The maximum atomic E-state index is 11.4. The summed E-state index contributed by atoms with van der Waals surface area (Å²) in [5, 5.41) is 12.2. The summed E-state index contributed by atoms with van der Waals surface area (Å²) in [6, 6.07) is 5.42. The van der Waals surface area contributed by atoms with Gasteiger partial charge in [-0.25, -0.2) is 0 Å². The number of nitrogens with one attached hydrogen (secondary N) is 1. The second kappa shape index (κ2) is 3.63. The fourth-order valence-electron chi connectivity index (χ4n) is 1.37. The van der Waals surface area contributed by atoms with Gasteiger partial charge >= 0.3 is 0 Å². The quantitative estimate of drug-likeness (QED) is 0.737. The van der Waals surface area contributed by atoms with Crippen molar-refractivity contribution in [3.05, 3.63) is 23.8 Å². The van der Waals surface area contributed by atoms with Crippen LogP contribution in [0.4, 0.5) is 5.69 Å². The summed E-state index contributed by atoms with van der Waals surface area (Å²) < 4.78 is 0. The maximum Gasteiger partial charge on any atom is 0.215 e. The summed E-state index contributed by atoms with van der Waals surface area (Å²) in [5.74, 6) is 0. The number of aliphatic hydroxyl groups excluding tert-OH is 1. The number of rotatable bonds is 1. The van der Waals surface area contributed by atoms with Gasteiger partial charge in [0.15, 0.2) is 0 Å². The normalized spacial score (nSPS) is 20.1. The van der Waals surface area contributed by atoms with Crippen molar-refractivity contribution in [1.29, 1.82) is 0 Å². The van der Waals surface area contributed by atoms with E-state index in [0.717, 1.165) is 16.1 Å². The molecule has 1 aromatic carbocycles. The maximum absolute atomic E-state index is 11.4. The minimum atomic E-state index is -0.151. The lowest BCUT2D eigenvalue weighted by Crippen LogP contribution is -2.27. The number of fused-ring (bicyclic) bond motifs is 1. The van der Waals surface area contributed by atoms with Crippen LogP contribution in [0.5, 0.6) is 0 Å². The number of anilines is 1. The molecule has 0 saturated heterocycles. The van der Waals surface area contributed by atoms with E-state index >= 15 is 0 Å². The molecule has 0 spiro atoms. The predicted molar refractivity (Wildman–Crippen MR) is 56.3 cm³/mol. The molecule has 74 valence electrons. The van der Waals surface area contributed by atoms with Gasteiger partial charge in [-0.05, 0) is 36.4 Å². The lowest BCUT2D eigenvalue weighted by Gasteiger charge is -2.22. The molecular weight excluding hydrogens is 198 g/mol. The Labute approximate surface area is 86.5 Å². The molecule has 2 N–H and O–H groups in total. The van der Waals surface area contributed by atoms with Crippen LogP contribution in [0.3, 0.4) is 0 Å². The van der Waals surface area contributed by atoms with Crippen LogP contribution in [-0.4, -0.2) is 16.3 Å². The molecule has 1 aromatic rings. The molecule has 0 aliphatic carbocycles. The molecule has 1 aliphatic rings. The van der Waals surface area contributed by atoms with Gasteiger partial charge in [-0.3, -0.25) is 4.79 Å². The highest BCUT2D eigenvalue weighted by Gasteiger charge is 2.22. The Morgan fingerprint density at radius 2 is 2.36 bits per heavy atom. The number of aliphatic hydroxyl groups is 1. The van der Waals surface area contributed by atoms with Crippen LogP contribution in [-0.2, 0) is 11.4 Å². The van der Waals surface area contributed by atoms with Crippen molar-refractivity contribution < 1.29 is 9.90 Å². The van der Waals surface area contributed by atoms with Crippen molar-refractivity contribution in [2.75, 3.05) is 5.32 Å². The highest BCUT2D eigenvalue weighted by molar-refractivity contribution is 8.14. The summed E-state index contributed by atoms with van der Waals surface area (Å²) in [5.41, 5.74) is 1.80. The monoisotopic (exact) mass is 209 g/mol. The molecule has 4 heteroatoms. The Morgan fingerprint density at radius 1 is 1.57 bits per heavy atom. The largest absolute Gasteiger partial charge is 0.392 e. The van der Waals surface area contributed by atoms with Crippen molar-refractivity contribution >= 4 is 22.6 Å². The number of hydrogen-bond acceptors (Lipinski definition) is 4. The third kappa shape index (κ3) is 1.63. The Morgan fingerprint density at radius 3 is 3.07 bits per heavy atom. The molecule has 1 heterocycles. The molecular formula is C10H11NO2S. The average Bonchev–Trinajstić information content (AvgIpc) is 2.19. The van der Waals surface area contributed by atoms with Crippen LogP contribution >= 0.6 is 11.8 Å². The number of thioether (sulfide) groups is 1. The van der Waals surface area contributed by atoms with E-state index in [-0.39, 0.29) is 17.8 Å². The van der Waals surface area contributed by atoms with E-state index in [1.54, 1.807) is 0 Å². The van der Waals surface area contributed by atoms with Crippen LogP contribution in [0.2, 0.25) is 0 Å². The second-order valence-corrected chi connectivity index (χ2v) is 4.32. The molecule has 0 amide bonds. The third-order valence-electron chi connectivity index (χ3n) is 2.16. The molecule has 1 atom stereocenters.